The highest BCUT2D eigenvalue weighted by Crippen LogP contribution is 2.33. The van der Waals surface area contributed by atoms with Gasteiger partial charge in [-0.2, -0.15) is 5.26 Å². The van der Waals surface area contributed by atoms with Crippen LogP contribution in [0.2, 0.25) is 0 Å². The predicted molar refractivity (Wildman–Crippen MR) is 134 cm³/mol. The Morgan fingerprint density at radius 1 is 1.06 bits per heavy atom. The fraction of sp³-hybridized carbons (Fsp3) is 0.250. The number of rotatable bonds is 7. The van der Waals surface area contributed by atoms with Crippen molar-refractivity contribution in [2.45, 2.75) is 25.4 Å². The molecule has 0 saturated heterocycles. The smallest absolute Gasteiger partial charge is 0.326 e. The van der Waals surface area contributed by atoms with Crippen molar-refractivity contribution in [1.29, 1.82) is 5.26 Å². The lowest BCUT2D eigenvalue weighted by atomic mass is 9.97. The third-order valence-electron chi connectivity index (χ3n) is 6.35. The number of hydrogen-bond acceptors (Lipinski definition) is 5. The lowest BCUT2D eigenvalue weighted by Gasteiger charge is -2.30. The standard InChI is InChI=1S/C28H27N3O5/c1-35-25-14-20-11-12-31(17-22(20)15-26(25)36-2)28(34)30-24(27(32)33)13-18-7-9-19(10-8-18)23-6-4-3-5-21(23)16-29/h3-10,14-15,24H,11-13,17H2,1-2H3,(H,30,34)(H,32,33). The monoisotopic (exact) mass is 485 g/mol. The number of carboxylic acids is 1. The van der Waals surface area contributed by atoms with Crippen LogP contribution in [0.15, 0.2) is 60.7 Å². The first-order valence-electron chi connectivity index (χ1n) is 11.5. The zero-order chi connectivity index (χ0) is 25.7. The fourth-order valence-electron chi connectivity index (χ4n) is 4.39. The van der Waals surface area contributed by atoms with Crippen molar-refractivity contribution < 1.29 is 24.2 Å². The van der Waals surface area contributed by atoms with E-state index in [0.717, 1.165) is 27.8 Å². The van der Waals surface area contributed by atoms with Crippen LogP contribution in [0.5, 0.6) is 11.5 Å². The zero-order valence-corrected chi connectivity index (χ0v) is 20.2. The molecule has 0 radical (unpaired) electrons. The Hall–Kier alpha value is -4.51. The van der Waals surface area contributed by atoms with E-state index < -0.39 is 18.0 Å². The summed E-state index contributed by atoms with van der Waals surface area (Å²) in [7, 11) is 3.14. The van der Waals surface area contributed by atoms with Crippen molar-refractivity contribution in [2.75, 3.05) is 20.8 Å². The van der Waals surface area contributed by atoms with Crippen LogP contribution in [0.25, 0.3) is 11.1 Å². The number of benzene rings is 3. The summed E-state index contributed by atoms with van der Waals surface area (Å²) in [6, 6.07) is 19.1. The molecule has 0 spiro atoms. The third kappa shape index (κ3) is 5.26. The summed E-state index contributed by atoms with van der Waals surface area (Å²) in [6.45, 7) is 0.814. The molecule has 4 rings (SSSR count). The fourth-order valence-corrected chi connectivity index (χ4v) is 4.39. The summed E-state index contributed by atoms with van der Waals surface area (Å²) in [6.07, 6.45) is 0.767. The number of urea groups is 1. The minimum absolute atomic E-state index is 0.136. The Morgan fingerprint density at radius 2 is 1.72 bits per heavy atom. The maximum Gasteiger partial charge on any atom is 0.326 e. The van der Waals surface area contributed by atoms with E-state index in [0.29, 0.717) is 36.6 Å². The van der Waals surface area contributed by atoms with Crippen LogP contribution in [0.3, 0.4) is 0 Å². The number of nitriles is 1. The van der Waals surface area contributed by atoms with Crippen molar-refractivity contribution in [3.8, 4) is 28.7 Å². The molecular formula is C28H27N3O5. The molecule has 36 heavy (non-hydrogen) atoms. The Bertz CT molecular complexity index is 1310. The highest BCUT2D eigenvalue weighted by molar-refractivity contribution is 5.83. The molecular weight excluding hydrogens is 458 g/mol. The van der Waals surface area contributed by atoms with E-state index in [9.17, 15) is 20.0 Å². The first kappa shape index (κ1) is 24.6. The lowest BCUT2D eigenvalue weighted by Crippen LogP contribution is -2.50. The van der Waals surface area contributed by atoms with Crippen LogP contribution in [-0.4, -0.2) is 48.8 Å². The maximum atomic E-state index is 13.0. The molecule has 2 N–H and O–H groups in total. The molecule has 0 bridgehead atoms. The van der Waals surface area contributed by atoms with Crippen molar-refractivity contribution >= 4 is 12.0 Å². The van der Waals surface area contributed by atoms with Crippen molar-refractivity contribution in [3.05, 3.63) is 82.9 Å². The topological polar surface area (TPSA) is 112 Å². The summed E-state index contributed by atoms with van der Waals surface area (Å²) in [4.78, 5) is 26.5. The number of aliphatic carboxylic acids is 1. The van der Waals surface area contributed by atoms with Gasteiger partial charge in [-0.25, -0.2) is 9.59 Å². The molecule has 8 nitrogen and oxygen atoms in total. The zero-order valence-electron chi connectivity index (χ0n) is 20.2. The quantitative estimate of drug-likeness (QED) is 0.523. The molecule has 3 aromatic rings. The highest BCUT2D eigenvalue weighted by Gasteiger charge is 2.27. The average molecular weight is 486 g/mol. The summed E-state index contributed by atoms with van der Waals surface area (Å²) < 4.78 is 10.7. The van der Waals surface area contributed by atoms with Gasteiger partial charge in [0, 0.05) is 19.5 Å². The second-order valence-corrected chi connectivity index (χ2v) is 8.55. The molecule has 1 unspecified atom stereocenters. The normalized spacial score (nSPS) is 13.2. The van der Waals surface area contributed by atoms with Gasteiger partial charge in [0.2, 0.25) is 0 Å². The van der Waals surface area contributed by atoms with Crippen LogP contribution in [-0.2, 0) is 24.2 Å². The number of hydrogen-bond donors (Lipinski definition) is 2. The maximum absolute atomic E-state index is 13.0. The molecule has 0 saturated carbocycles. The number of carbonyl (C=O) groups is 2. The first-order chi connectivity index (χ1) is 17.4. The third-order valence-corrected chi connectivity index (χ3v) is 6.35. The molecule has 2 amide bonds. The van der Waals surface area contributed by atoms with Gasteiger partial charge in [-0.3, -0.25) is 0 Å². The molecule has 184 valence electrons. The van der Waals surface area contributed by atoms with Crippen LogP contribution >= 0.6 is 0 Å². The molecule has 3 aromatic carbocycles. The van der Waals surface area contributed by atoms with Crippen LogP contribution < -0.4 is 14.8 Å². The van der Waals surface area contributed by atoms with E-state index in [-0.39, 0.29) is 6.42 Å². The van der Waals surface area contributed by atoms with E-state index in [1.165, 1.54) is 0 Å². The Morgan fingerprint density at radius 3 is 2.36 bits per heavy atom. The number of ether oxygens (including phenoxy) is 2. The van der Waals surface area contributed by atoms with E-state index in [2.05, 4.69) is 11.4 Å². The number of methoxy groups -OCH3 is 2. The molecule has 0 aliphatic carbocycles. The van der Waals surface area contributed by atoms with Gasteiger partial charge in [-0.05, 0) is 52.4 Å². The summed E-state index contributed by atoms with van der Waals surface area (Å²) in [5.74, 6) is 0.121. The van der Waals surface area contributed by atoms with Crippen LogP contribution in [0, 0.1) is 11.3 Å². The second-order valence-electron chi connectivity index (χ2n) is 8.55. The predicted octanol–water partition coefficient (Wildman–Crippen LogP) is 4.01. The molecule has 0 fully saturated rings. The van der Waals surface area contributed by atoms with Gasteiger partial charge in [-0.1, -0.05) is 42.5 Å². The summed E-state index contributed by atoms with van der Waals surface area (Å²) in [5.41, 5.74) is 5.03. The van der Waals surface area contributed by atoms with E-state index in [1.54, 1.807) is 25.2 Å². The number of amides is 2. The molecule has 1 atom stereocenters. The van der Waals surface area contributed by atoms with Gasteiger partial charge < -0.3 is 24.8 Å². The number of nitrogens with zero attached hydrogens (tertiary/aromatic N) is 2. The number of fused-ring (bicyclic) bond motifs is 1. The number of carbonyl (C=O) groups excluding carboxylic acids is 1. The van der Waals surface area contributed by atoms with E-state index in [4.69, 9.17) is 9.47 Å². The number of carboxylic acid groups (broad SMARTS) is 1. The van der Waals surface area contributed by atoms with Gasteiger partial charge in [0.25, 0.3) is 0 Å². The van der Waals surface area contributed by atoms with Gasteiger partial charge in [0.05, 0.1) is 25.9 Å². The molecule has 0 aromatic heterocycles. The van der Waals surface area contributed by atoms with Crippen molar-refractivity contribution in [1.82, 2.24) is 10.2 Å². The Labute approximate surface area is 209 Å². The van der Waals surface area contributed by atoms with Gasteiger partial charge >= 0.3 is 12.0 Å². The lowest BCUT2D eigenvalue weighted by molar-refractivity contribution is -0.139. The first-order valence-corrected chi connectivity index (χ1v) is 11.5. The number of nitrogens with one attached hydrogen (secondary N) is 1. The van der Waals surface area contributed by atoms with Crippen LogP contribution in [0.4, 0.5) is 4.79 Å². The van der Waals surface area contributed by atoms with E-state index in [1.807, 2.05) is 54.6 Å². The minimum Gasteiger partial charge on any atom is -0.493 e. The largest absolute Gasteiger partial charge is 0.493 e. The summed E-state index contributed by atoms with van der Waals surface area (Å²) in [5, 5.41) is 21.8. The molecule has 1 heterocycles. The molecule has 1 aliphatic rings. The van der Waals surface area contributed by atoms with Gasteiger partial charge in [0.1, 0.15) is 6.04 Å². The van der Waals surface area contributed by atoms with Crippen molar-refractivity contribution in [2.24, 2.45) is 0 Å². The van der Waals surface area contributed by atoms with E-state index >= 15 is 0 Å². The average Bonchev–Trinajstić information content (AvgIpc) is 2.91. The summed E-state index contributed by atoms with van der Waals surface area (Å²) >= 11 is 0. The molecule has 1 aliphatic heterocycles. The Kier molecular flexibility index (Phi) is 7.40. The SMILES string of the molecule is COc1cc2c(cc1OC)CN(C(=O)NC(Cc1ccc(-c3ccccc3C#N)cc1)C(=O)O)CC2. The molecule has 8 heteroatoms. The van der Waals surface area contributed by atoms with Crippen LogP contribution in [0.1, 0.15) is 22.3 Å². The highest BCUT2D eigenvalue weighted by atomic mass is 16.5. The van der Waals surface area contributed by atoms with Crippen molar-refractivity contribution in [3.63, 3.8) is 0 Å². The van der Waals surface area contributed by atoms with Gasteiger partial charge in [0.15, 0.2) is 11.5 Å². The minimum atomic E-state index is -1.11. The van der Waals surface area contributed by atoms with Gasteiger partial charge in [-0.15, -0.1) is 0 Å². The Balaban J connectivity index is 1.44. The second kappa shape index (κ2) is 10.8.